The maximum atomic E-state index is 9.38. The third kappa shape index (κ3) is 1.65. The Labute approximate surface area is 93.9 Å². The highest BCUT2D eigenvalue weighted by Gasteiger charge is 2.16. The molecule has 84 valence electrons. The summed E-state index contributed by atoms with van der Waals surface area (Å²) in [6, 6.07) is 5.40. The van der Waals surface area contributed by atoms with Gasteiger partial charge in [-0.25, -0.2) is 0 Å². The Morgan fingerprint density at radius 1 is 1.50 bits per heavy atom. The number of nitrogens with zero attached hydrogens (tertiary/aromatic N) is 2. The molecule has 1 saturated heterocycles. The summed E-state index contributed by atoms with van der Waals surface area (Å²) in [5.41, 5.74) is 1.10. The monoisotopic (exact) mass is 217 g/mol. The van der Waals surface area contributed by atoms with Gasteiger partial charge in [0.1, 0.15) is 5.75 Å². The Kier molecular flexibility index (Phi) is 2.29. The highest BCUT2D eigenvalue weighted by Crippen LogP contribution is 2.21. The number of phenols is 1. The third-order valence-corrected chi connectivity index (χ3v) is 3.22. The molecule has 1 aromatic heterocycles. The first kappa shape index (κ1) is 9.66. The van der Waals surface area contributed by atoms with Crippen LogP contribution in [0, 0.1) is 5.92 Å². The third-order valence-electron chi connectivity index (χ3n) is 3.22. The van der Waals surface area contributed by atoms with Crippen molar-refractivity contribution < 1.29 is 5.11 Å². The fourth-order valence-corrected chi connectivity index (χ4v) is 2.33. The Bertz CT molecular complexity index is 500. The largest absolute Gasteiger partial charge is 0.508 e. The number of aromatic nitrogens is 2. The fraction of sp³-hybridized carbons (Fsp3) is 0.417. The molecule has 3 rings (SSSR count). The van der Waals surface area contributed by atoms with Crippen molar-refractivity contribution in [2.24, 2.45) is 5.92 Å². The summed E-state index contributed by atoms with van der Waals surface area (Å²) < 4.78 is 2.03. The number of benzene rings is 1. The smallest absolute Gasteiger partial charge is 0.116 e. The number of rotatable bonds is 2. The van der Waals surface area contributed by atoms with Gasteiger partial charge >= 0.3 is 0 Å². The zero-order valence-corrected chi connectivity index (χ0v) is 9.06. The van der Waals surface area contributed by atoms with E-state index in [1.165, 1.54) is 6.42 Å². The minimum atomic E-state index is 0.301. The van der Waals surface area contributed by atoms with Crippen LogP contribution in [0.25, 0.3) is 10.9 Å². The summed E-state index contributed by atoms with van der Waals surface area (Å²) in [6.45, 7) is 3.16. The molecular weight excluding hydrogens is 202 g/mol. The lowest BCUT2D eigenvalue weighted by Crippen LogP contribution is -2.15. The minimum Gasteiger partial charge on any atom is -0.508 e. The summed E-state index contributed by atoms with van der Waals surface area (Å²) in [5, 5.41) is 18.1. The molecule has 0 radical (unpaired) electrons. The Morgan fingerprint density at radius 3 is 3.25 bits per heavy atom. The quantitative estimate of drug-likeness (QED) is 0.798. The molecule has 0 bridgehead atoms. The molecule has 4 heteroatoms. The van der Waals surface area contributed by atoms with Crippen LogP contribution in [0.1, 0.15) is 6.42 Å². The number of fused-ring (bicyclic) bond motifs is 1. The van der Waals surface area contributed by atoms with E-state index < -0.39 is 0 Å². The van der Waals surface area contributed by atoms with Crippen molar-refractivity contribution in [3.8, 4) is 5.75 Å². The lowest BCUT2D eigenvalue weighted by molar-refractivity contribution is 0.459. The van der Waals surface area contributed by atoms with Crippen molar-refractivity contribution in [2.75, 3.05) is 13.1 Å². The average molecular weight is 217 g/mol. The molecule has 16 heavy (non-hydrogen) atoms. The second kappa shape index (κ2) is 3.79. The number of nitrogens with one attached hydrogen (secondary N) is 1. The van der Waals surface area contributed by atoms with E-state index in [9.17, 15) is 5.11 Å². The summed E-state index contributed by atoms with van der Waals surface area (Å²) in [4.78, 5) is 0. The number of aromatic hydroxyl groups is 1. The standard InChI is InChI=1S/C12H15N3O/c16-11-1-2-12-10(5-11)7-14-15(12)8-9-3-4-13-6-9/h1-2,5,7,9,13,16H,3-4,6,8H2. The van der Waals surface area contributed by atoms with E-state index in [2.05, 4.69) is 10.4 Å². The van der Waals surface area contributed by atoms with E-state index in [1.807, 2.05) is 16.9 Å². The molecule has 0 saturated carbocycles. The molecule has 1 unspecified atom stereocenters. The van der Waals surface area contributed by atoms with Gasteiger partial charge in [-0.2, -0.15) is 5.10 Å². The van der Waals surface area contributed by atoms with Crippen molar-refractivity contribution in [3.05, 3.63) is 24.4 Å². The zero-order valence-electron chi connectivity index (χ0n) is 9.06. The van der Waals surface area contributed by atoms with Gasteiger partial charge in [0.05, 0.1) is 11.7 Å². The Morgan fingerprint density at radius 2 is 2.44 bits per heavy atom. The molecule has 1 atom stereocenters. The van der Waals surface area contributed by atoms with Crippen LogP contribution in [0.5, 0.6) is 5.75 Å². The summed E-state index contributed by atoms with van der Waals surface area (Å²) in [7, 11) is 0. The van der Waals surface area contributed by atoms with E-state index in [-0.39, 0.29) is 0 Å². The van der Waals surface area contributed by atoms with Gasteiger partial charge in [0, 0.05) is 11.9 Å². The lowest BCUT2D eigenvalue weighted by atomic mass is 10.1. The molecule has 1 aliphatic heterocycles. The summed E-state index contributed by atoms with van der Waals surface area (Å²) >= 11 is 0. The van der Waals surface area contributed by atoms with Crippen LogP contribution in [-0.4, -0.2) is 28.0 Å². The van der Waals surface area contributed by atoms with E-state index in [4.69, 9.17) is 0 Å². The molecule has 0 spiro atoms. The highest BCUT2D eigenvalue weighted by atomic mass is 16.3. The van der Waals surface area contributed by atoms with E-state index in [1.54, 1.807) is 12.1 Å². The average Bonchev–Trinajstić information content (AvgIpc) is 2.89. The first-order valence-electron chi connectivity index (χ1n) is 5.68. The lowest BCUT2D eigenvalue weighted by Gasteiger charge is -2.09. The topological polar surface area (TPSA) is 50.1 Å². The maximum absolute atomic E-state index is 9.38. The van der Waals surface area contributed by atoms with Gasteiger partial charge in [-0.1, -0.05) is 0 Å². The highest BCUT2D eigenvalue weighted by molar-refractivity contribution is 5.80. The first-order chi connectivity index (χ1) is 7.83. The molecule has 1 fully saturated rings. The number of hydrogen-bond donors (Lipinski definition) is 2. The second-order valence-corrected chi connectivity index (χ2v) is 4.43. The van der Waals surface area contributed by atoms with E-state index in [0.717, 1.165) is 30.5 Å². The van der Waals surface area contributed by atoms with E-state index in [0.29, 0.717) is 11.7 Å². The minimum absolute atomic E-state index is 0.301. The number of hydrogen-bond acceptors (Lipinski definition) is 3. The summed E-state index contributed by atoms with van der Waals surface area (Å²) in [5.74, 6) is 0.978. The molecule has 0 amide bonds. The van der Waals surface area contributed by atoms with Gasteiger partial charge in [0.25, 0.3) is 0 Å². The van der Waals surface area contributed by atoms with Crippen LogP contribution >= 0.6 is 0 Å². The van der Waals surface area contributed by atoms with Gasteiger partial charge in [-0.15, -0.1) is 0 Å². The van der Waals surface area contributed by atoms with Crippen molar-refractivity contribution in [2.45, 2.75) is 13.0 Å². The zero-order chi connectivity index (χ0) is 11.0. The van der Waals surface area contributed by atoms with Crippen LogP contribution in [0.15, 0.2) is 24.4 Å². The molecule has 2 heterocycles. The van der Waals surface area contributed by atoms with Crippen molar-refractivity contribution in [1.82, 2.24) is 15.1 Å². The first-order valence-corrected chi connectivity index (χ1v) is 5.68. The maximum Gasteiger partial charge on any atom is 0.116 e. The molecule has 1 aliphatic rings. The van der Waals surface area contributed by atoms with Gasteiger partial charge in [0.2, 0.25) is 0 Å². The molecule has 2 N–H and O–H groups in total. The summed E-state index contributed by atoms with van der Waals surface area (Å²) in [6.07, 6.45) is 3.04. The van der Waals surface area contributed by atoms with Crippen LogP contribution in [-0.2, 0) is 6.54 Å². The van der Waals surface area contributed by atoms with Crippen molar-refractivity contribution >= 4 is 10.9 Å². The Hall–Kier alpha value is -1.55. The SMILES string of the molecule is Oc1ccc2c(cnn2CC2CCNC2)c1. The fourth-order valence-electron chi connectivity index (χ4n) is 2.33. The molecule has 2 aromatic rings. The van der Waals surface area contributed by atoms with Crippen LogP contribution < -0.4 is 5.32 Å². The van der Waals surface area contributed by atoms with Crippen molar-refractivity contribution in [3.63, 3.8) is 0 Å². The number of phenolic OH excluding ortho intramolecular Hbond substituents is 1. The van der Waals surface area contributed by atoms with E-state index >= 15 is 0 Å². The van der Waals surface area contributed by atoms with Gasteiger partial charge < -0.3 is 10.4 Å². The second-order valence-electron chi connectivity index (χ2n) is 4.43. The van der Waals surface area contributed by atoms with Crippen LogP contribution in [0.4, 0.5) is 0 Å². The predicted molar refractivity (Wildman–Crippen MR) is 62.4 cm³/mol. The molecule has 0 aliphatic carbocycles. The van der Waals surface area contributed by atoms with Crippen LogP contribution in [0.2, 0.25) is 0 Å². The van der Waals surface area contributed by atoms with Gasteiger partial charge in [-0.05, 0) is 43.6 Å². The normalized spacial score (nSPS) is 20.6. The van der Waals surface area contributed by atoms with Gasteiger partial charge in [0.15, 0.2) is 0 Å². The van der Waals surface area contributed by atoms with Crippen molar-refractivity contribution in [1.29, 1.82) is 0 Å². The predicted octanol–water partition coefficient (Wildman–Crippen LogP) is 1.35. The Balaban J connectivity index is 1.91. The molecular formula is C12H15N3O. The van der Waals surface area contributed by atoms with Gasteiger partial charge in [-0.3, -0.25) is 4.68 Å². The molecule has 4 nitrogen and oxygen atoms in total. The molecule has 1 aromatic carbocycles. The van der Waals surface area contributed by atoms with Crippen LogP contribution in [0.3, 0.4) is 0 Å².